The number of hydrogen-bond donors (Lipinski definition) is 0. The van der Waals surface area contributed by atoms with E-state index in [1.165, 1.54) is 5.56 Å². The molecule has 0 fully saturated rings. The van der Waals surface area contributed by atoms with Gasteiger partial charge in [-0.15, -0.1) is 0 Å². The van der Waals surface area contributed by atoms with Crippen molar-refractivity contribution in [2.75, 3.05) is 7.05 Å². The highest BCUT2D eigenvalue weighted by atomic mass is 35.5. The Bertz CT molecular complexity index is 735. The maximum Gasteiger partial charge on any atom is 0.0860 e. The molecule has 0 spiro atoms. The van der Waals surface area contributed by atoms with E-state index >= 15 is 0 Å². The molecule has 0 aliphatic carbocycles. The zero-order chi connectivity index (χ0) is 19.2. The molecule has 2 aromatic rings. The van der Waals surface area contributed by atoms with Gasteiger partial charge in [0.2, 0.25) is 0 Å². The summed E-state index contributed by atoms with van der Waals surface area (Å²) in [5.41, 5.74) is 1.71. The van der Waals surface area contributed by atoms with Crippen molar-refractivity contribution in [2.24, 2.45) is 5.92 Å². The zero-order valence-electron chi connectivity index (χ0n) is 16.2. The Morgan fingerprint density at radius 3 is 2.23 bits per heavy atom. The number of nitrogens with zero attached hydrogens (tertiary/aromatic N) is 2. The van der Waals surface area contributed by atoms with Gasteiger partial charge in [0.15, 0.2) is 0 Å². The number of benzene rings is 2. The predicted molar refractivity (Wildman–Crippen MR) is 110 cm³/mol. The second kappa shape index (κ2) is 9.21. The number of rotatable bonds is 8. The van der Waals surface area contributed by atoms with Crippen LogP contribution in [0.4, 0.5) is 0 Å². The maximum absolute atomic E-state index is 10.1. The molecule has 0 aromatic heterocycles. The van der Waals surface area contributed by atoms with Crippen LogP contribution in [-0.2, 0) is 12.0 Å². The van der Waals surface area contributed by atoms with E-state index in [0.717, 1.165) is 24.9 Å². The van der Waals surface area contributed by atoms with Crippen LogP contribution in [-0.4, -0.2) is 18.0 Å². The van der Waals surface area contributed by atoms with Crippen LogP contribution in [0.2, 0.25) is 5.02 Å². The van der Waals surface area contributed by atoms with Gasteiger partial charge in [0.1, 0.15) is 0 Å². The summed E-state index contributed by atoms with van der Waals surface area (Å²) in [5, 5.41) is 10.8. The average molecular weight is 369 g/mol. The highest BCUT2D eigenvalue weighted by Gasteiger charge is 2.37. The van der Waals surface area contributed by atoms with Crippen molar-refractivity contribution >= 4 is 11.6 Å². The summed E-state index contributed by atoms with van der Waals surface area (Å²) >= 11 is 6.46. The fraction of sp³-hybridized carbons (Fsp3) is 0.435. The van der Waals surface area contributed by atoms with Crippen LogP contribution < -0.4 is 0 Å². The van der Waals surface area contributed by atoms with Crippen LogP contribution in [0.15, 0.2) is 54.6 Å². The van der Waals surface area contributed by atoms with Crippen molar-refractivity contribution in [2.45, 2.75) is 51.6 Å². The molecule has 0 aliphatic rings. The van der Waals surface area contributed by atoms with Crippen LogP contribution in [0.25, 0.3) is 0 Å². The molecule has 3 heteroatoms. The van der Waals surface area contributed by atoms with Gasteiger partial charge in [0.25, 0.3) is 0 Å². The molecule has 0 saturated carbocycles. The Hall–Kier alpha value is -1.82. The van der Waals surface area contributed by atoms with Gasteiger partial charge in [-0.3, -0.25) is 4.90 Å². The van der Waals surface area contributed by atoms with Crippen LogP contribution >= 0.6 is 11.6 Å². The van der Waals surface area contributed by atoms with Crippen molar-refractivity contribution in [1.29, 1.82) is 5.26 Å². The standard InChI is InChI=1S/C23H29ClN2/c1-18(2)23(17-25,21-12-8-9-13-22(21)24)15-14-19(3)26(4)16-20-10-6-5-7-11-20/h5-13,18-19H,14-16H2,1-4H3. The summed E-state index contributed by atoms with van der Waals surface area (Å²) in [4.78, 5) is 2.35. The van der Waals surface area contributed by atoms with E-state index in [9.17, 15) is 5.26 Å². The molecule has 0 heterocycles. The van der Waals surface area contributed by atoms with Crippen LogP contribution in [0, 0.1) is 17.2 Å². The molecule has 2 atom stereocenters. The average Bonchev–Trinajstić information content (AvgIpc) is 2.64. The van der Waals surface area contributed by atoms with Gasteiger partial charge >= 0.3 is 0 Å². The normalized spacial score (nSPS) is 14.8. The van der Waals surface area contributed by atoms with Gasteiger partial charge < -0.3 is 0 Å². The molecule has 0 N–H and O–H groups in total. The Balaban J connectivity index is 2.12. The lowest BCUT2D eigenvalue weighted by Gasteiger charge is -2.34. The van der Waals surface area contributed by atoms with E-state index in [1.54, 1.807) is 0 Å². The first-order valence-electron chi connectivity index (χ1n) is 9.31. The molecular formula is C23H29ClN2. The minimum absolute atomic E-state index is 0.194. The van der Waals surface area contributed by atoms with Gasteiger partial charge in [-0.1, -0.05) is 74.0 Å². The van der Waals surface area contributed by atoms with Crippen LogP contribution in [0.1, 0.15) is 44.7 Å². The van der Waals surface area contributed by atoms with E-state index in [-0.39, 0.29) is 5.92 Å². The van der Waals surface area contributed by atoms with Crippen molar-refractivity contribution in [3.05, 3.63) is 70.7 Å². The summed E-state index contributed by atoms with van der Waals surface area (Å²) in [6.45, 7) is 7.38. The molecule has 138 valence electrons. The highest BCUT2D eigenvalue weighted by molar-refractivity contribution is 6.31. The van der Waals surface area contributed by atoms with E-state index < -0.39 is 5.41 Å². The third-order valence-electron chi connectivity index (χ3n) is 5.52. The monoisotopic (exact) mass is 368 g/mol. The predicted octanol–water partition coefficient (Wildman–Crippen LogP) is 6.06. The minimum atomic E-state index is -0.555. The lowest BCUT2D eigenvalue weighted by molar-refractivity contribution is 0.216. The molecule has 2 nitrogen and oxygen atoms in total. The third kappa shape index (κ3) is 4.67. The Morgan fingerprint density at radius 1 is 1.04 bits per heavy atom. The van der Waals surface area contributed by atoms with Crippen LogP contribution in [0.3, 0.4) is 0 Å². The molecule has 0 radical (unpaired) electrons. The molecule has 26 heavy (non-hydrogen) atoms. The largest absolute Gasteiger partial charge is 0.299 e. The van der Waals surface area contributed by atoms with Crippen molar-refractivity contribution in [3.63, 3.8) is 0 Å². The second-order valence-electron chi connectivity index (χ2n) is 7.51. The first kappa shape index (κ1) is 20.5. The molecule has 2 rings (SSSR count). The molecule has 0 amide bonds. The quantitative estimate of drug-likeness (QED) is 0.566. The van der Waals surface area contributed by atoms with E-state index in [2.05, 4.69) is 63.1 Å². The Labute approximate surface area is 163 Å². The van der Waals surface area contributed by atoms with Crippen LogP contribution in [0.5, 0.6) is 0 Å². The van der Waals surface area contributed by atoms with Gasteiger partial charge in [-0.05, 0) is 49.9 Å². The van der Waals surface area contributed by atoms with Gasteiger partial charge in [-0.25, -0.2) is 0 Å². The molecule has 0 aliphatic heterocycles. The van der Waals surface area contributed by atoms with E-state index in [4.69, 9.17) is 11.6 Å². The lowest BCUT2D eigenvalue weighted by atomic mass is 9.69. The maximum atomic E-state index is 10.1. The van der Waals surface area contributed by atoms with Crippen molar-refractivity contribution in [1.82, 2.24) is 4.90 Å². The summed E-state index contributed by atoms with van der Waals surface area (Å²) in [6, 6.07) is 21.3. The summed E-state index contributed by atoms with van der Waals surface area (Å²) in [7, 11) is 2.15. The third-order valence-corrected chi connectivity index (χ3v) is 5.85. The molecular weight excluding hydrogens is 340 g/mol. The summed E-state index contributed by atoms with van der Waals surface area (Å²) < 4.78 is 0. The highest BCUT2D eigenvalue weighted by Crippen LogP contribution is 2.40. The molecule has 0 saturated heterocycles. The lowest BCUT2D eigenvalue weighted by Crippen LogP contribution is -2.35. The van der Waals surface area contributed by atoms with Crippen molar-refractivity contribution in [3.8, 4) is 6.07 Å². The van der Waals surface area contributed by atoms with Crippen molar-refractivity contribution < 1.29 is 0 Å². The molecule has 0 bridgehead atoms. The van der Waals surface area contributed by atoms with E-state index in [0.29, 0.717) is 11.1 Å². The number of hydrogen-bond acceptors (Lipinski definition) is 2. The van der Waals surface area contributed by atoms with Gasteiger partial charge in [0.05, 0.1) is 11.5 Å². The number of nitriles is 1. The fourth-order valence-corrected chi connectivity index (χ4v) is 3.79. The topological polar surface area (TPSA) is 27.0 Å². The van der Waals surface area contributed by atoms with Gasteiger partial charge in [-0.2, -0.15) is 5.26 Å². The minimum Gasteiger partial charge on any atom is -0.299 e. The Kier molecular flexibility index (Phi) is 7.26. The zero-order valence-corrected chi connectivity index (χ0v) is 17.0. The first-order chi connectivity index (χ1) is 12.4. The first-order valence-corrected chi connectivity index (χ1v) is 9.69. The van der Waals surface area contributed by atoms with Gasteiger partial charge in [0, 0.05) is 17.6 Å². The molecule has 2 aromatic carbocycles. The number of halogens is 1. The SMILES string of the molecule is CC(CCC(C#N)(c1ccccc1Cl)C(C)C)N(C)Cc1ccccc1. The summed E-state index contributed by atoms with van der Waals surface area (Å²) in [6.07, 6.45) is 1.74. The molecule has 2 unspecified atom stereocenters. The van der Waals surface area contributed by atoms with E-state index in [1.807, 2.05) is 30.3 Å². The smallest absolute Gasteiger partial charge is 0.0860 e. The second-order valence-corrected chi connectivity index (χ2v) is 7.91. The summed E-state index contributed by atoms with van der Waals surface area (Å²) in [5.74, 6) is 0.194. The fourth-order valence-electron chi connectivity index (χ4n) is 3.49. The Morgan fingerprint density at radius 2 is 1.65 bits per heavy atom.